The summed E-state index contributed by atoms with van der Waals surface area (Å²) in [6.45, 7) is 1.97. The van der Waals surface area contributed by atoms with Gasteiger partial charge in [-0.1, -0.05) is 0 Å². The number of aromatic nitrogens is 2. The van der Waals surface area contributed by atoms with E-state index < -0.39 is 0 Å². The van der Waals surface area contributed by atoms with Gasteiger partial charge < -0.3 is 10.4 Å². The Morgan fingerprint density at radius 3 is 2.74 bits per heavy atom. The Hall–Kier alpha value is -2.14. The van der Waals surface area contributed by atoms with Gasteiger partial charge in [0.05, 0.1) is 27.3 Å². The number of aromatic hydroxyl groups is 1. The van der Waals surface area contributed by atoms with Crippen LogP contribution in [0, 0.1) is 6.92 Å². The van der Waals surface area contributed by atoms with Gasteiger partial charge in [-0.15, -0.1) is 11.3 Å². The number of aryl methyl sites for hydroxylation is 1. The van der Waals surface area contributed by atoms with Crippen LogP contribution in [0.4, 0.5) is 5.69 Å². The number of pyridine rings is 1. The topological polar surface area (TPSA) is 58.0 Å². The van der Waals surface area contributed by atoms with E-state index in [0.29, 0.717) is 0 Å². The first-order chi connectivity index (χ1) is 9.17. The Morgan fingerprint density at radius 1 is 1.16 bits per heavy atom. The van der Waals surface area contributed by atoms with Crippen molar-refractivity contribution in [1.29, 1.82) is 0 Å². The molecule has 0 aliphatic heterocycles. The zero-order valence-electron chi connectivity index (χ0n) is 10.6. The van der Waals surface area contributed by atoms with Crippen molar-refractivity contribution in [3.05, 3.63) is 36.0 Å². The Labute approximate surface area is 114 Å². The molecule has 0 unspecified atom stereocenters. The van der Waals surface area contributed by atoms with Crippen LogP contribution in [-0.4, -0.2) is 22.1 Å². The Kier molecular flexibility index (Phi) is 2.83. The van der Waals surface area contributed by atoms with E-state index in [1.54, 1.807) is 12.1 Å². The molecule has 0 aliphatic rings. The van der Waals surface area contributed by atoms with Gasteiger partial charge in [0, 0.05) is 7.05 Å². The quantitative estimate of drug-likeness (QED) is 0.750. The second-order valence-electron chi connectivity index (χ2n) is 4.25. The molecule has 2 N–H and O–H groups in total. The van der Waals surface area contributed by atoms with Crippen molar-refractivity contribution in [3.8, 4) is 16.5 Å². The summed E-state index contributed by atoms with van der Waals surface area (Å²) in [5.41, 5.74) is 3.71. The van der Waals surface area contributed by atoms with Crippen LogP contribution in [0.2, 0.25) is 0 Å². The molecular formula is C14H13N3OS. The van der Waals surface area contributed by atoms with Crippen molar-refractivity contribution in [3.63, 3.8) is 0 Å². The molecule has 0 radical (unpaired) electrons. The van der Waals surface area contributed by atoms with E-state index in [1.807, 2.05) is 32.2 Å². The van der Waals surface area contributed by atoms with Crippen LogP contribution in [-0.2, 0) is 0 Å². The molecule has 0 bridgehead atoms. The molecule has 19 heavy (non-hydrogen) atoms. The number of nitrogens with one attached hydrogen (secondary N) is 1. The third kappa shape index (κ3) is 2.13. The summed E-state index contributed by atoms with van der Waals surface area (Å²) in [6.07, 6.45) is 0. The van der Waals surface area contributed by atoms with Crippen LogP contribution in [0.3, 0.4) is 0 Å². The van der Waals surface area contributed by atoms with Gasteiger partial charge in [0.1, 0.15) is 10.8 Å². The molecule has 2 heterocycles. The average Bonchev–Trinajstić information content (AvgIpc) is 2.81. The maximum absolute atomic E-state index is 9.48. The normalized spacial score (nSPS) is 10.8. The average molecular weight is 271 g/mol. The van der Waals surface area contributed by atoms with Gasteiger partial charge in [-0.25, -0.2) is 9.97 Å². The van der Waals surface area contributed by atoms with Crippen molar-refractivity contribution < 1.29 is 5.11 Å². The summed E-state index contributed by atoms with van der Waals surface area (Å²) in [5.74, 6) is 0.261. The standard InChI is InChI=1S/C14H13N3OS/c1-8-10(15-2)5-6-12(16-8)14-17-11-4-3-9(18)7-13(11)19-14/h3-7,15,18H,1-2H3. The smallest absolute Gasteiger partial charge is 0.143 e. The molecule has 96 valence electrons. The molecule has 0 aliphatic carbocycles. The number of nitrogens with zero attached hydrogens (tertiary/aromatic N) is 2. The van der Waals surface area contributed by atoms with Crippen LogP contribution < -0.4 is 5.32 Å². The highest BCUT2D eigenvalue weighted by Crippen LogP contribution is 2.31. The summed E-state index contributed by atoms with van der Waals surface area (Å²) in [7, 11) is 1.88. The Bertz CT molecular complexity index is 752. The number of fused-ring (bicyclic) bond motifs is 1. The first-order valence-corrected chi connectivity index (χ1v) is 6.74. The van der Waals surface area contributed by atoms with Gasteiger partial charge in [-0.3, -0.25) is 0 Å². The lowest BCUT2D eigenvalue weighted by Gasteiger charge is -2.04. The number of thiazole rings is 1. The van der Waals surface area contributed by atoms with Gasteiger partial charge in [0.2, 0.25) is 0 Å². The van der Waals surface area contributed by atoms with E-state index in [4.69, 9.17) is 0 Å². The predicted molar refractivity (Wildman–Crippen MR) is 78.8 cm³/mol. The summed E-state index contributed by atoms with van der Waals surface area (Å²) < 4.78 is 0.965. The van der Waals surface area contributed by atoms with Crippen molar-refractivity contribution >= 4 is 27.2 Å². The maximum Gasteiger partial charge on any atom is 0.143 e. The molecule has 0 atom stereocenters. The minimum absolute atomic E-state index is 0.261. The highest BCUT2D eigenvalue weighted by Gasteiger charge is 2.09. The number of hydrogen-bond donors (Lipinski definition) is 2. The van der Waals surface area contributed by atoms with Crippen LogP contribution in [0.25, 0.3) is 20.9 Å². The van der Waals surface area contributed by atoms with Crippen LogP contribution in [0.15, 0.2) is 30.3 Å². The molecule has 3 rings (SSSR count). The monoisotopic (exact) mass is 271 g/mol. The first kappa shape index (κ1) is 11.9. The number of hydrogen-bond acceptors (Lipinski definition) is 5. The molecule has 0 spiro atoms. The van der Waals surface area contributed by atoms with Gasteiger partial charge in [-0.05, 0) is 37.3 Å². The fourth-order valence-electron chi connectivity index (χ4n) is 1.97. The zero-order chi connectivity index (χ0) is 13.4. The fourth-order valence-corrected chi connectivity index (χ4v) is 2.94. The minimum Gasteiger partial charge on any atom is -0.508 e. The fraction of sp³-hybridized carbons (Fsp3) is 0.143. The number of rotatable bonds is 2. The largest absolute Gasteiger partial charge is 0.508 e. The van der Waals surface area contributed by atoms with E-state index >= 15 is 0 Å². The SMILES string of the molecule is CNc1ccc(-c2nc3ccc(O)cc3s2)nc1C. The number of anilines is 1. The zero-order valence-corrected chi connectivity index (χ0v) is 11.5. The lowest BCUT2D eigenvalue weighted by molar-refractivity contribution is 0.476. The first-order valence-electron chi connectivity index (χ1n) is 5.92. The second kappa shape index (κ2) is 4.51. The highest BCUT2D eigenvalue weighted by molar-refractivity contribution is 7.21. The van der Waals surface area contributed by atoms with Crippen LogP contribution in [0.1, 0.15) is 5.69 Å². The molecular weight excluding hydrogens is 258 g/mol. The van der Waals surface area contributed by atoms with Gasteiger partial charge in [0.15, 0.2) is 0 Å². The van der Waals surface area contributed by atoms with E-state index in [1.165, 1.54) is 11.3 Å². The lowest BCUT2D eigenvalue weighted by atomic mass is 10.2. The van der Waals surface area contributed by atoms with Crippen LogP contribution in [0.5, 0.6) is 5.75 Å². The van der Waals surface area contributed by atoms with E-state index in [2.05, 4.69) is 15.3 Å². The molecule has 0 amide bonds. The predicted octanol–water partition coefficient (Wildman–Crippen LogP) is 3.41. The third-order valence-corrected chi connectivity index (χ3v) is 3.99. The van der Waals surface area contributed by atoms with Crippen molar-refractivity contribution in [2.24, 2.45) is 0 Å². The maximum atomic E-state index is 9.48. The van der Waals surface area contributed by atoms with Gasteiger partial charge >= 0.3 is 0 Å². The summed E-state index contributed by atoms with van der Waals surface area (Å²) in [4.78, 5) is 9.10. The Morgan fingerprint density at radius 2 is 2.00 bits per heavy atom. The van der Waals surface area contributed by atoms with E-state index in [-0.39, 0.29) is 5.75 Å². The summed E-state index contributed by atoms with van der Waals surface area (Å²) in [5, 5.41) is 13.4. The van der Waals surface area contributed by atoms with E-state index in [0.717, 1.165) is 32.3 Å². The molecule has 3 aromatic rings. The van der Waals surface area contributed by atoms with E-state index in [9.17, 15) is 5.11 Å². The molecule has 5 heteroatoms. The summed E-state index contributed by atoms with van der Waals surface area (Å²) >= 11 is 1.53. The van der Waals surface area contributed by atoms with Crippen molar-refractivity contribution in [2.45, 2.75) is 6.92 Å². The molecule has 4 nitrogen and oxygen atoms in total. The van der Waals surface area contributed by atoms with Gasteiger partial charge in [0.25, 0.3) is 0 Å². The van der Waals surface area contributed by atoms with Crippen molar-refractivity contribution in [1.82, 2.24) is 9.97 Å². The highest BCUT2D eigenvalue weighted by atomic mass is 32.1. The van der Waals surface area contributed by atoms with Crippen molar-refractivity contribution in [2.75, 3.05) is 12.4 Å². The molecule has 0 saturated heterocycles. The second-order valence-corrected chi connectivity index (χ2v) is 5.28. The Balaban J connectivity index is 2.11. The number of benzene rings is 1. The van der Waals surface area contributed by atoms with Crippen LogP contribution >= 0.6 is 11.3 Å². The minimum atomic E-state index is 0.261. The third-order valence-electron chi connectivity index (χ3n) is 2.95. The van der Waals surface area contributed by atoms with Gasteiger partial charge in [-0.2, -0.15) is 0 Å². The number of phenolic OH excluding ortho intramolecular Hbond substituents is 1. The molecule has 0 saturated carbocycles. The number of phenols is 1. The molecule has 0 fully saturated rings. The lowest BCUT2D eigenvalue weighted by Crippen LogP contribution is -1.95. The molecule has 2 aromatic heterocycles. The summed E-state index contributed by atoms with van der Waals surface area (Å²) in [6, 6.07) is 9.15. The molecule has 1 aromatic carbocycles.